The fourth-order valence-electron chi connectivity index (χ4n) is 2.06. The molecule has 0 radical (unpaired) electrons. The maximum absolute atomic E-state index is 11.0. The van der Waals surface area contributed by atoms with Crippen LogP contribution in [0.4, 0.5) is 4.79 Å². The second-order valence-corrected chi connectivity index (χ2v) is 5.91. The first-order valence-electron chi connectivity index (χ1n) is 8.10. The molecule has 0 unspecified atom stereocenters. The Morgan fingerprint density at radius 1 is 0.852 bits per heavy atom. The van der Waals surface area contributed by atoms with Crippen LogP contribution in [0.5, 0.6) is 0 Å². The van der Waals surface area contributed by atoms with E-state index < -0.39 is 42.8 Å². The SMILES string of the molecule is C#C[B-]1([CH2+])OC(=O)CCCC(=O)O1.[CH2+][B-]1(C(=O)O)OC(=O)CCCC(=O)O1. The number of carbonyl (C=O) groups excluding carboxylic acids is 4. The lowest BCUT2D eigenvalue weighted by Gasteiger charge is -2.28. The van der Waals surface area contributed by atoms with Gasteiger partial charge < -0.3 is 23.7 Å². The molecule has 2 rings (SSSR count). The molecule has 2 aliphatic heterocycles. The molecule has 10 nitrogen and oxygen atoms in total. The average Bonchev–Trinajstić information content (AvgIpc) is 2.52. The van der Waals surface area contributed by atoms with Crippen LogP contribution < -0.4 is 0 Å². The molecule has 0 aromatic rings. The summed E-state index contributed by atoms with van der Waals surface area (Å²) < 4.78 is 18.4. The van der Waals surface area contributed by atoms with Gasteiger partial charge in [-0.05, 0) is 26.5 Å². The van der Waals surface area contributed by atoms with Crippen molar-refractivity contribution in [2.75, 3.05) is 0 Å². The molecule has 0 bridgehead atoms. The quantitative estimate of drug-likeness (QED) is 0.390. The molecule has 0 amide bonds. The van der Waals surface area contributed by atoms with Gasteiger partial charge in [-0.1, -0.05) is 0 Å². The van der Waals surface area contributed by atoms with Crippen LogP contribution in [-0.2, 0) is 37.8 Å². The monoisotopic (exact) mass is 380 g/mol. The molecular weight excluding hydrogens is 362 g/mol. The Hall–Kier alpha value is -3.22. The molecule has 1 N–H and O–H groups in total. The predicted molar refractivity (Wildman–Crippen MR) is 91.1 cm³/mol. The molecule has 0 aliphatic carbocycles. The third-order valence-electron chi connectivity index (χ3n) is 3.44. The molecule has 27 heavy (non-hydrogen) atoms. The van der Waals surface area contributed by atoms with Gasteiger partial charge in [0.15, 0.2) is 0 Å². The Kier molecular flexibility index (Phi) is 7.22. The Morgan fingerprint density at radius 3 is 1.48 bits per heavy atom. The van der Waals surface area contributed by atoms with E-state index in [0.717, 1.165) is 0 Å². The van der Waals surface area contributed by atoms with Crippen molar-refractivity contribution in [3.8, 4) is 12.2 Å². The summed E-state index contributed by atoms with van der Waals surface area (Å²) in [5, 5.41) is 8.66. The van der Waals surface area contributed by atoms with Crippen molar-refractivity contribution < 1.29 is 47.7 Å². The molecule has 2 heterocycles. The number of hydrogen-bond donors (Lipinski definition) is 1. The third-order valence-corrected chi connectivity index (χ3v) is 3.44. The van der Waals surface area contributed by atoms with E-state index in [1.807, 2.05) is 0 Å². The lowest BCUT2D eigenvalue weighted by molar-refractivity contribution is -0.145. The highest BCUT2D eigenvalue weighted by Gasteiger charge is 2.49. The molecule has 2 saturated heterocycles. The van der Waals surface area contributed by atoms with E-state index in [2.05, 4.69) is 28.8 Å². The summed E-state index contributed by atoms with van der Waals surface area (Å²) in [5.41, 5.74) is 0. The fraction of sp³-hybridized carbons (Fsp3) is 0.400. The van der Waals surface area contributed by atoms with Crippen molar-refractivity contribution in [2.24, 2.45) is 0 Å². The first-order valence-corrected chi connectivity index (χ1v) is 8.10. The summed E-state index contributed by atoms with van der Waals surface area (Å²) >= 11 is 0. The molecule has 144 valence electrons. The van der Waals surface area contributed by atoms with Gasteiger partial charge in [0.1, 0.15) is 0 Å². The summed E-state index contributed by atoms with van der Waals surface area (Å²) in [6.07, 6.45) is 6.12. The minimum absolute atomic E-state index is 0.00139. The highest BCUT2D eigenvalue weighted by atomic mass is 16.7. The maximum atomic E-state index is 11.0. The normalized spacial score (nSPS) is 21.6. The van der Waals surface area contributed by atoms with Gasteiger partial charge in [-0.15, -0.1) is 0 Å². The van der Waals surface area contributed by atoms with Crippen LogP contribution in [0.3, 0.4) is 0 Å². The molecular formula is C15H18B2O10. The van der Waals surface area contributed by atoms with Gasteiger partial charge >= 0.3 is 13.1 Å². The Labute approximate surface area is 155 Å². The predicted octanol–water partition coefficient (Wildman–Crippen LogP) is 0.576. The van der Waals surface area contributed by atoms with Gasteiger partial charge in [-0.25, -0.2) is 0 Å². The second kappa shape index (κ2) is 8.93. The van der Waals surface area contributed by atoms with E-state index in [4.69, 9.17) is 20.8 Å². The van der Waals surface area contributed by atoms with Crippen LogP contribution in [0.1, 0.15) is 38.5 Å². The summed E-state index contributed by atoms with van der Waals surface area (Å²) in [6.45, 7) is 0.940. The molecule has 0 spiro atoms. The largest absolute Gasteiger partial charge is 0.655 e. The Bertz CT molecular complexity index is 645. The zero-order valence-corrected chi connectivity index (χ0v) is 14.5. The number of carboxylic acid groups (broad SMARTS) is 1. The van der Waals surface area contributed by atoms with Gasteiger partial charge in [0.25, 0.3) is 29.7 Å². The van der Waals surface area contributed by atoms with E-state index in [-0.39, 0.29) is 25.7 Å². The standard InChI is InChI=1S/C8H9BO4.C7H9BO6/c1-3-9(2)12-7(10)5-4-6-8(11)13-9;1-8(7(11)12)13-5(9)3-2-4-6(10)14-8/h1H,2,4-6H2;1-4H2,(H,11,12). The summed E-state index contributed by atoms with van der Waals surface area (Å²) in [5.74, 6) is -1.84. The van der Waals surface area contributed by atoms with Gasteiger partial charge in [-0.2, -0.15) is 12.2 Å². The van der Waals surface area contributed by atoms with E-state index >= 15 is 0 Å². The highest BCUT2D eigenvalue weighted by molar-refractivity contribution is 6.98. The lowest BCUT2D eigenvalue weighted by atomic mass is 9.60. The molecule has 12 heteroatoms. The van der Waals surface area contributed by atoms with Crippen LogP contribution in [0.25, 0.3) is 0 Å². The first kappa shape index (κ1) is 21.8. The molecule has 0 aromatic heterocycles. The number of carbonyl (C=O) groups is 5. The molecule has 2 aliphatic rings. The maximum Gasteiger partial charge on any atom is 0.655 e. The van der Waals surface area contributed by atoms with Crippen LogP contribution in [0.2, 0.25) is 0 Å². The van der Waals surface area contributed by atoms with Crippen molar-refractivity contribution in [2.45, 2.75) is 38.5 Å². The smallest absolute Gasteiger partial charge is 0.609 e. The average molecular weight is 380 g/mol. The van der Waals surface area contributed by atoms with Crippen LogP contribution in [0, 0.1) is 25.9 Å². The highest BCUT2D eigenvalue weighted by Crippen LogP contribution is 2.16. The zero-order chi connectivity index (χ0) is 20.7. The fourth-order valence-corrected chi connectivity index (χ4v) is 2.06. The van der Waals surface area contributed by atoms with Crippen LogP contribution in [0.15, 0.2) is 0 Å². The van der Waals surface area contributed by atoms with Crippen molar-refractivity contribution in [3.63, 3.8) is 0 Å². The Morgan fingerprint density at radius 2 is 1.19 bits per heavy atom. The molecule has 0 atom stereocenters. The number of terminal acetylenes is 1. The Balaban J connectivity index is 0.000000271. The van der Waals surface area contributed by atoms with Gasteiger partial charge in [0, 0.05) is 25.7 Å². The van der Waals surface area contributed by atoms with Gasteiger partial charge in [0.2, 0.25) is 0 Å². The van der Waals surface area contributed by atoms with Gasteiger partial charge in [-0.3, -0.25) is 24.0 Å². The zero-order valence-electron chi connectivity index (χ0n) is 14.5. The topological polar surface area (TPSA) is 142 Å². The van der Waals surface area contributed by atoms with Crippen molar-refractivity contribution in [1.29, 1.82) is 0 Å². The number of rotatable bonds is 1. The van der Waals surface area contributed by atoms with Crippen molar-refractivity contribution in [1.82, 2.24) is 0 Å². The molecule has 0 saturated carbocycles. The third kappa shape index (κ3) is 6.89. The van der Waals surface area contributed by atoms with Crippen LogP contribution >= 0.6 is 0 Å². The first-order chi connectivity index (χ1) is 12.5. The van der Waals surface area contributed by atoms with Crippen molar-refractivity contribution >= 4 is 42.8 Å². The summed E-state index contributed by atoms with van der Waals surface area (Å²) in [7, 11) is 0. The van der Waals surface area contributed by atoms with Crippen molar-refractivity contribution in [3.05, 3.63) is 13.6 Å². The molecule has 0 aromatic carbocycles. The van der Waals surface area contributed by atoms with E-state index in [0.29, 0.717) is 12.8 Å². The minimum Gasteiger partial charge on any atom is -0.609 e. The molecule has 2 fully saturated rings. The second-order valence-electron chi connectivity index (χ2n) is 5.91. The lowest BCUT2D eigenvalue weighted by Crippen LogP contribution is -2.51. The summed E-state index contributed by atoms with van der Waals surface area (Å²) in [6, 6.07) is 0. The van der Waals surface area contributed by atoms with E-state index in [9.17, 15) is 24.0 Å². The summed E-state index contributed by atoms with van der Waals surface area (Å²) in [4.78, 5) is 54.5. The van der Waals surface area contributed by atoms with Gasteiger partial charge in [0.05, 0.1) is 0 Å². The minimum atomic E-state index is -3.12. The number of hydrogen-bond acceptors (Lipinski definition) is 9. The van der Waals surface area contributed by atoms with Crippen LogP contribution in [-0.4, -0.2) is 48.0 Å². The van der Waals surface area contributed by atoms with E-state index in [1.54, 1.807) is 0 Å². The van der Waals surface area contributed by atoms with E-state index in [1.165, 1.54) is 0 Å².